The van der Waals surface area contributed by atoms with E-state index in [-0.39, 0.29) is 22.6 Å². The van der Waals surface area contributed by atoms with E-state index >= 15 is 0 Å². The maximum atomic E-state index is 10.9. The predicted octanol–water partition coefficient (Wildman–Crippen LogP) is 4.43. The first-order valence-corrected chi connectivity index (χ1v) is 9.41. The van der Waals surface area contributed by atoms with Crippen LogP contribution in [0, 0.1) is 16.7 Å². The van der Waals surface area contributed by atoms with Crippen molar-refractivity contribution < 1.29 is 14.4 Å². The summed E-state index contributed by atoms with van der Waals surface area (Å²) in [5, 5.41) is 0. The molecule has 0 aliphatic rings. The fourth-order valence-electron chi connectivity index (χ4n) is 1.77. The molecule has 2 N–H and O–H groups in total. The highest BCUT2D eigenvalue weighted by Gasteiger charge is 2.13. The third-order valence-corrected chi connectivity index (χ3v) is 2.91. The molecule has 5 nitrogen and oxygen atoms in total. The Hall–Kier alpha value is -1.39. The van der Waals surface area contributed by atoms with Gasteiger partial charge in [-0.15, -0.1) is 0 Å². The summed E-state index contributed by atoms with van der Waals surface area (Å²) in [6.07, 6.45) is 2.51. The Labute approximate surface area is 162 Å². The maximum Gasteiger partial charge on any atom is 0.222 e. The van der Waals surface area contributed by atoms with Crippen LogP contribution in [0.5, 0.6) is 0 Å². The van der Waals surface area contributed by atoms with E-state index in [2.05, 4.69) is 20.8 Å². The molecule has 26 heavy (non-hydrogen) atoms. The summed E-state index contributed by atoms with van der Waals surface area (Å²) in [6.45, 7) is 18.2. The largest absolute Gasteiger partial charge is 0.370 e. The average Bonchev–Trinajstić information content (AvgIpc) is 2.34. The molecule has 0 rings (SSSR count). The van der Waals surface area contributed by atoms with Crippen LogP contribution in [-0.4, -0.2) is 36.6 Å². The van der Waals surface area contributed by atoms with Gasteiger partial charge in [0, 0.05) is 39.8 Å². The number of carbonyl (C=O) groups is 3. The zero-order valence-electron chi connectivity index (χ0n) is 19.2. The summed E-state index contributed by atoms with van der Waals surface area (Å²) >= 11 is 0. The molecule has 2 amide bonds. The molecule has 0 spiro atoms. The van der Waals surface area contributed by atoms with Gasteiger partial charge in [0.15, 0.2) is 0 Å². The lowest BCUT2D eigenvalue weighted by Gasteiger charge is -2.15. The molecule has 0 radical (unpaired) electrons. The van der Waals surface area contributed by atoms with Crippen molar-refractivity contribution in [1.29, 1.82) is 0 Å². The van der Waals surface area contributed by atoms with Crippen LogP contribution in [0.3, 0.4) is 0 Å². The van der Waals surface area contributed by atoms with Crippen LogP contribution in [0.4, 0.5) is 0 Å². The summed E-state index contributed by atoms with van der Waals surface area (Å²) in [7, 11) is 3.56. The SMILES string of the molecule is CC(C)(C)CC(N)=O.CC(C)CC(=O)N(C)C.CCC(=O)CC(C)(C)C. The number of ketones is 1. The van der Waals surface area contributed by atoms with E-state index in [0.29, 0.717) is 37.4 Å². The van der Waals surface area contributed by atoms with Gasteiger partial charge >= 0.3 is 0 Å². The third-order valence-electron chi connectivity index (χ3n) is 2.91. The lowest BCUT2D eigenvalue weighted by atomic mass is 9.89. The Morgan fingerprint density at radius 2 is 1.27 bits per heavy atom. The number of hydrogen-bond acceptors (Lipinski definition) is 3. The van der Waals surface area contributed by atoms with Crippen LogP contribution in [0.1, 0.15) is 88.0 Å². The first kappa shape index (κ1) is 29.4. The quantitative estimate of drug-likeness (QED) is 0.775. The summed E-state index contributed by atoms with van der Waals surface area (Å²) in [6, 6.07) is 0. The Balaban J connectivity index is -0.000000306. The van der Waals surface area contributed by atoms with Crippen LogP contribution in [-0.2, 0) is 14.4 Å². The van der Waals surface area contributed by atoms with Crippen LogP contribution in [0.15, 0.2) is 0 Å². The van der Waals surface area contributed by atoms with Gasteiger partial charge in [0.25, 0.3) is 0 Å². The Morgan fingerprint density at radius 3 is 1.35 bits per heavy atom. The molecular weight excluding hydrogens is 328 g/mol. The minimum Gasteiger partial charge on any atom is -0.370 e. The zero-order chi connectivity index (χ0) is 21.7. The third kappa shape index (κ3) is 30.5. The second-order valence-electron chi connectivity index (χ2n) is 9.72. The van der Waals surface area contributed by atoms with Gasteiger partial charge in [-0.05, 0) is 16.7 Å². The number of carbonyl (C=O) groups excluding carboxylic acids is 3. The summed E-state index contributed by atoms with van der Waals surface area (Å²) in [5.41, 5.74) is 5.16. The monoisotopic (exact) mass is 372 g/mol. The highest BCUT2D eigenvalue weighted by molar-refractivity contribution is 5.78. The molecule has 0 heterocycles. The van der Waals surface area contributed by atoms with Crippen molar-refractivity contribution in [2.45, 2.75) is 88.0 Å². The zero-order valence-corrected chi connectivity index (χ0v) is 19.2. The molecule has 0 aliphatic heterocycles. The number of hydrogen-bond donors (Lipinski definition) is 1. The Kier molecular flexibility index (Phi) is 15.6. The van der Waals surface area contributed by atoms with Crippen LogP contribution < -0.4 is 5.73 Å². The molecule has 0 bridgehead atoms. The molecule has 0 saturated carbocycles. The number of nitrogens with two attached hydrogens (primary N) is 1. The van der Waals surface area contributed by atoms with E-state index in [1.54, 1.807) is 19.0 Å². The van der Waals surface area contributed by atoms with E-state index in [4.69, 9.17) is 5.73 Å². The molecule has 0 aliphatic carbocycles. The van der Waals surface area contributed by atoms with Crippen molar-refractivity contribution in [1.82, 2.24) is 4.90 Å². The smallest absolute Gasteiger partial charge is 0.222 e. The average molecular weight is 373 g/mol. The second-order valence-corrected chi connectivity index (χ2v) is 9.72. The molecule has 0 atom stereocenters. The number of amides is 2. The van der Waals surface area contributed by atoms with Gasteiger partial charge in [-0.25, -0.2) is 0 Å². The molecule has 0 fully saturated rings. The van der Waals surface area contributed by atoms with E-state index in [1.807, 2.05) is 41.5 Å². The molecule has 0 aromatic rings. The van der Waals surface area contributed by atoms with Crippen molar-refractivity contribution in [3.8, 4) is 0 Å². The summed E-state index contributed by atoms with van der Waals surface area (Å²) < 4.78 is 0. The highest BCUT2D eigenvalue weighted by Crippen LogP contribution is 2.19. The minimum atomic E-state index is -0.225. The number of primary amides is 1. The van der Waals surface area contributed by atoms with Crippen molar-refractivity contribution in [2.75, 3.05) is 14.1 Å². The fraction of sp³-hybridized carbons (Fsp3) is 0.857. The molecular formula is C21H44N2O3. The van der Waals surface area contributed by atoms with Crippen LogP contribution in [0.2, 0.25) is 0 Å². The van der Waals surface area contributed by atoms with Gasteiger partial charge in [-0.2, -0.15) is 0 Å². The molecule has 0 aromatic carbocycles. The topological polar surface area (TPSA) is 80.5 Å². The number of Topliss-reactive ketones (excluding diaryl/α,β-unsaturated/α-hetero) is 1. The molecule has 0 aromatic heterocycles. The molecule has 5 heteroatoms. The van der Waals surface area contributed by atoms with Crippen LogP contribution in [0.25, 0.3) is 0 Å². The first-order chi connectivity index (χ1) is 11.4. The van der Waals surface area contributed by atoms with Gasteiger partial charge < -0.3 is 10.6 Å². The van der Waals surface area contributed by atoms with Crippen molar-refractivity contribution in [3.05, 3.63) is 0 Å². The Bertz CT molecular complexity index is 414. The second kappa shape index (κ2) is 13.8. The fourth-order valence-corrected chi connectivity index (χ4v) is 1.77. The van der Waals surface area contributed by atoms with Crippen molar-refractivity contribution in [2.24, 2.45) is 22.5 Å². The lowest BCUT2D eigenvalue weighted by molar-refractivity contribution is -0.129. The van der Waals surface area contributed by atoms with E-state index in [9.17, 15) is 14.4 Å². The van der Waals surface area contributed by atoms with Gasteiger partial charge in [0.1, 0.15) is 5.78 Å². The van der Waals surface area contributed by atoms with E-state index in [1.165, 1.54) is 0 Å². The maximum absolute atomic E-state index is 10.9. The van der Waals surface area contributed by atoms with Gasteiger partial charge in [-0.1, -0.05) is 62.3 Å². The Morgan fingerprint density at radius 1 is 0.885 bits per heavy atom. The summed E-state index contributed by atoms with van der Waals surface area (Å²) in [4.78, 5) is 33.6. The van der Waals surface area contributed by atoms with E-state index < -0.39 is 0 Å². The minimum absolute atomic E-state index is 0.0475. The predicted molar refractivity (Wildman–Crippen MR) is 111 cm³/mol. The van der Waals surface area contributed by atoms with Gasteiger partial charge in [0.2, 0.25) is 11.8 Å². The van der Waals surface area contributed by atoms with Crippen LogP contribution >= 0.6 is 0 Å². The lowest BCUT2D eigenvalue weighted by Crippen LogP contribution is -2.22. The molecule has 0 saturated heterocycles. The molecule has 156 valence electrons. The van der Waals surface area contributed by atoms with E-state index in [0.717, 1.165) is 0 Å². The molecule has 0 unspecified atom stereocenters. The van der Waals surface area contributed by atoms with Crippen molar-refractivity contribution in [3.63, 3.8) is 0 Å². The van der Waals surface area contributed by atoms with Gasteiger partial charge in [-0.3, -0.25) is 14.4 Å². The highest BCUT2D eigenvalue weighted by atomic mass is 16.2. The summed E-state index contributed by atoms with van der Waals surface area (Å²) in [5.74, 6) is 0.824. The first-order valence-electron chi connectivity index (χ1n) is 9.41. The normalized spacial score (nSPS) is 10.9. The van der Waals surface area contributed by atoms with Gasteiger partial charge in [0.05, 0.1) is 0 Å². The number of nitrogens with zero attached hydrogens (tertiary/aromatic N) is 1. The van der Waals surface area contributed by atoms with Crippen molar-refractivity contribution >= 4 is 17.6 Å². The standard InChI is InChI=1S/C8H16O.C7H15NO.C6H13NO/c1-5-7(9)6-8(2,3)4;1-6(2)5-7(9)8(3)4;1-6(2,3)4-5(7)8/h5-6H2,1-4H3;6H,5H2,1-4H3;4H2,1-3H3,(H2,7,8). The number of rotatable bonds is 5.